The number of ether oxygens (including phenoxy) is 1. The van der Waals surface area contributed by atoms with Gasteiger partial charge in [-0.1, -0.05) is 23.8 Å². The molecule has 1 aliphatic rings. The Labute approximate surface area is 129 Å². The Balaban J connectivity index is 1.44. The van der Waals surface area contributed by atoms with E-state index in [0.29, 0.717) is 0 Å². The molecule has 0 spiro atoms. The van der Waals surface area contributed by atoms with Crippen LogP contribution in [0.4, 0.5) is 0 Å². The number of rotatable bonds is 9. The van der Waals surface area contributed by atoms with E-state index in [2.05, 4.69) is 30.4 Å². The highest BCUT2D eigenvalue weighted by Crippen LogP contribution is 2.19. The standard InChI is InChI=1S/C19H29NO/c1-17-8-7-11-19(16-17)21-15-6-5-13-20-14-12-18-9-3-2-4-10-18/h7-9,11,16,20H,2-6,10,12-15H2,1H3. The second-order valence-electron chi connectivity index (χ2n) is 5.98. The molecule has 2 rings (SSSR count). The lowest BCUT2D eigenvalue weighted by molar-refractivity contribution is 0.305. The van der Waals surface area contributed by atoms with Gasteiger partial charge in [0.2, 0.25) is 0 Å². The lowest BCUT2D eigenvalue weighted by Gasteiger charge is -2.13. The molecule has 0 saturated carbocycles. The van der Waals surface area contributed by atoms with Crippen molar-refractivity contribution >= 4 is 0 Å². The first-order chi connectivity index (χ1) is 10.3. The lowest BCUT2D eigenvalue weighted by atomic mass is 9.97. The third kappa shape index (κ3) is 6.81. The highest BCUT2D eigenvalue weighted by atomic mass is 16.5. The number of hydrogen-bond donors (Lipinski definition) is 1. The van der Waals surface area contributed by atoms with Crippen molar-refractivity contribution < 1.29 is 4.74 Å². The van der Waals surface area contributed by atoms with Gasteiger partial charge in [-0.05, 0) is 82.7 Å². The van der Waals surface area contributed by atoms with E-state index < -0.39 is 0 Å². The number of aryl methyl sites for hydroxylation is 1. The molecular formula is C19H29NO. The maximum Gasteiger partial charge on any atom is 0.119 e. The van der Waals surface area contributed by atoms with E-state index >= 15 is 0 Å². The van der Waals surface area contributed by atoms with E-state index in [9.17, 15) is 0 Å². The highest BCUT2D eigenvalue weighted by molar-refractivity contribution is 5.27. The minimum absolute atomic E-state index is 0.816. The Morgan fingerprint density at radius 1 is 1.14 bits per heavy atom. The van der Waals surface area contributed by atoms with Crippen molar-refractivity contribution in [3.8, 4) is 5.75 Å². The van der Waals surface area contributed by atoms with Gasteiger partial charge >= 0.3 is 0 Å². The van der Waals surface area contributed by atoms with Crippen LogP contribution in [0.15, 0.2) is 35.9 Å². The third-order valence-corrected chi connectivity index (χ3v) is 4.01. The Morgan fingerprint density at radius 2 is 2.10 bits per heavy atom. The molecule has 0 aliphatic heterocycles. The molecule has 1 aliphatic carbocycles. The van der Waals surface area contributed by atoms with Gasteiger partial charge < -0.3 is 10.1 Å². The summed E-state index contributed by atoms with van der Waals surface area (Å²) in [5, 5.41) is 3.54. The second-order valence-corrected chi connectivity index (χ2v) is 5.98. The van der Waals surface area contributed by atoms with Crippen LogP contribution >= 0.6 is 0 Å². The quantitative estimate of drug-likeness (QED) is 0.528. The predicted molar refractivity (Wildman–Crippen MR) is 89.9 cm³/mol. The predicted octanol–water partition coefficient (Wildman–Crippen LogP) is 4.63. The Kier molecular flexibility index (Phi) is 7.37. The first kappa shape index (κ1) is 16.1. The van der Waals surface area contributed by atoms with Crippen LogP contribution in [0, 0.1) is 6.92 Å². The van der Waals surface area contributed by atoms with Crippen LogP contribution in [-0.2, 0) is 0 Å². The van der Waals surface area contributed by atoms with Crippen LogP contribution in [0.25, 0.3) is 0 Å². The van der Waals surface area contributed by atoms with Gasteiger partial charge in [-0.2, -0.15) is 0 Å². The van der Waals surface area contributed by atoms with E-state index in [1.54, 1.807) is 5.57 Å². The summed E-state index contributed by atoms with van der Waals surface area (Å²) in [5.74, 6) is 0.993. The van der Waals surface area contributed by atoms with Gasteiger partial charge in [0, 0.05) is 0 Å². The number of benzene rings is 1. The summed E-state index contributed by atoms with van der Waals surface area (Å²) < 4.78 is 5.75. The molecule has 0 fully saturated rings. The van der Waals surface area contributed by atoms with Gasteiger partial charge in [-0.3, -0.25) is 0 Å². The fraction of sp³-hybridized carbons (Fsp3) is 0.579. The fourth-order valence-electron chi connectivity index (χ4n) is 2.75. The Hall–Kier alpha value is -1.28. The molecule has 0 heterocycles. The first-order valence-electron chi connectivity index (χ1n) is 8.43. The molecule has 1 N–H and O–H groups in total. The maximum absolute atomic E-state index is 5.75. The van der Waals surface area contributed by atoms with Gasteiger partial charge in [0.05, 0.1) is 6.61 Å². The third-order valence-electron chi connectivity index (χ3n) is 4.01. The molecule has 0 radical (unpaired) electrons. The Morgan fingerprint density at radius 3 is 2.90 bits per heavy atom. The van der Waals surface area contributed by atoms with E-state index in [1.807, 2.05) is 12.1 Å². The van der Waals surface area contributed by atoms with Gasteiger partial charge in [-0.25, -0.2) is 0 Å². The average molecular weight is 287 g/mol. The van der Waals surface area contributed by atoms with E-state index in [4.69, 9.17) is 4.74 Å². The van der Waals surface area contributed by atoms with Crippen LogP contribution < -0.4 is 10.1 Å². The van der Waals surface area contributed by atoms with Crippen LogP contribution in [0.2, 0.25) is 0 Å². The summed E-state index contributed by atoms with van der Waals surface area (Å²) in [4.78, 5) is 0. The smallest absolute Gasteiger partial charge is 0.119 e. The molecule has 1 aromatic carbocycles. The average Bonchev–Trinajstić information content (AvgIpc) is 2.51. The van der Waals surface area contributed by atoms with Crippen molar-refractivity contribution in [2.45, 2.75) is 51.9 Å². The SMILES string of the molecule is Cc1cccc(OCCCCNCCC2=CCCCC2)c1. The summed E-state index contributed by atoms with van der Waals surface area (Å²) >= 11 is 0. The molecule has 21 heavy (non-hydrogen) atoms. The van der Waals surface area contributed by atoms with E-state index in [-0.39, 0.29) is 0 Å². The molecule has 0 saturated heterocycles. The molecule has 0 aromatic heterocycles. The fourth-order valence-corrected chi connectivity index (χ4v) is 2.75. The minimum atomic E-state index is 0.816. The molecule has 2 heteroatoms. The largest absolute Gasteiger partial charge is 0.494 e. The normalized spacial score (nSPS) is 14.8. The van der Waals surface area contributed by atoms with Crippen LogP contribution in [-0.4, -0.2) is 19.7 Å². The number of allylic oxidation sites excluding steroid dienone is 1. The lowest BCUT2D eigenvalue weighted by Crippen LogP contribution is -2.18. The van der Waals surface area contributed by atoms with Crippen molar-refractivity contribution in [3.05, 3.63) is 41.5 Å². The maximum atomic E-state index is 5.75. The molecule has 0 atom stereocenters. The Bertz CT molecular complexity index is 439. The summed E-state index contributed by atoms with van der Waals surface area (Å²) in [5.41, 5.74) is 2.92. The minimum Gasteiger partial charge on any atom is -0.494 e. The van der Waals surface area contributed by atoms with Crippen molar-refractivity contribution in [1.29, 1.82) is 0 Å². The summed E-state index contributed by atoms with van der Waals surface area (Å²) in [7, 11) is 0. The van der Waals surface area contributed by atoms with Gasteiger partial charge in [0.1, 0.15) is 5.75 Å². The summed E-state index contributed by atoms with van der Waals surface area (Å²) in [6.07, 6.45) is 11.4. The summed E-state index contributed by atoms with van der Waals surface area (Å²) in [6.45, 7) is 5.14. The molecule has 0 unspecified atom stereocenters. The highest BCUT2D eigenvalue weighted by Gasteiger charge is 2.02. The van der Waals surface area contributed by atoms with Crippen LogP contribution in [0.3, 0.4) is 0 Å². The molecule has 0 amide bonds. The van der Waals surface area contributed by atoms with Crippen molar-refractivity contribution in [3.63, 3.8) is 0 Å². The molecule has 2 nitrogen and oxygen atoms in total. The van der Waals surface area contributed by atoms with Crippen LogP contribution in [0.5, 0.6) is 5.75 Å². The van der Waals surface area contributed by atoms with Crippen molar-refractivity contribution in [1.82, 2.24) is 5.32 Å². The van der Waals surface area contributed by atoms with Crippen molar-refractivity contribution in [2.24, 2.45) is 0 Å². The van der Waals surface area contributed by atoms with E-state index in [1.165, 1.54) is 44.1 Å². The zero-order valence-corrected chi connectivity index (χ0v) is 13.4. The molecular weight excluding hydrogens is 258 g/mol. The number of unbranched alkanes of at least 4 members (excludes halogenated alkanes) is 1. The van der Waals surface area contributed by atoms with Gasteiger partial charge in [-0.15, -0.1) is 0 Å². The van der Waals surface area contributed by atoms with Crippen LogP contribution in [0.1, 0.15) is 50.5 Å². The first-order valence-corrected chi connectivity index (χ1v) is 8.43. The number of nitrogens with one attached hydrogen (secondary N) is 1. The molecule has 1 aromatic rings. The van der Waals surface area contributed by atoms with Gasteiger partial charge in [0.15, 0.2) is 0 Å². The zero-order valence-electron chi connectivity index (χ0n) is 13.4. The summed E-state index contributed by atoms with van der Waals surface area (Å²) in [6, 6.07) is 8.27. The van der Waals surface area contributed by atoms with Gasteiger partial charge in [0.25, 0.3) is 0 Å². The second kappa shape index (κ2) is 9.62. The van der Waals surface area contributed by atoms with Crippen molar-refractivity contribution in [2.75, 3.05) is 19.7 Å². The number of hydrogen-bond acceptors (Lipinski definition) is 2. The topological polar surface area (TPSA) is 21.3 Å². The molecule has 116 valence electrons. The monoisotopic (exact) mass is 287 g/mol. The molecule has 0 bridgehead atoms. The zero-order chi connectivity index (χ0) is 14.8. The van der Waals surface area contributed by atoms with E-state index in [0.717, 1.165) is 31.9 Å².